The lowest BCUT2D eigenvalue weighted by molar-refractivity contribution is -0.436. The van der Waals surface area contributed by atoms with Gasteiger partial charge in [-0.05, 0) is 12.2 Å². The van der Waals surface area contributed by atoms with Gasteiger partial charge in [0.2, 0.25) is 0 Å². The fourth-order valence-corrected chi connectivity index (χ4v) is 1.16. The van der Waals surface area contributed by atoms with Crippen molar-refractivity contribution >= 4 is 23.2 Å². The highest BCUT2D eigenvalue weighted by atomic mass is 32.1. The number of nitrogens with two attached hydrogens (primary N) is 1. The minimum Gasteiger partial charge on any atom is -0.375 e. The van der Waals surface area contributed by atoms with E-state index in [4.69, 9.17) is 0 Å². The standard InChI is InChI=1S/C8H4F13N3OS/c9-3(10,1(25)23-24-2(22)26)4(11,12)5(13,14)6(15,16)7(17,18)8(19,20)21/h(H,23,25)(H3,22,24,26). The minimum atomic E-state index is -8.08. The van der Waals surface area contributed by atoms with Crippen LogP contribution in [0.4, 0.5) is 57.1 Å². The molecule has 0 radical (unpaired) electrons. The van der Waals surface area contributed by atoms with Crippen LogP contribution in [0.3, 0.4) is 0 Å². The molecule has 0 spiro atoms. The third-order valence-electron chi connectivity index (χ3n) is 2.52. The number of nitrogens with one attached hydrogen (secondary N) is 2. The van der Waals surface area contributed by atoms with Crippen LogP contribution in [-0.2, 0) is 4.79 Å². The monoisotopic (exact) mass is 437 g/mol. The van der Waals surface area contributed by atoms with E-state index in [1.54, 1.807) is 0 Å². The Labute approximate surface area is 138 Å². The number of hydrogen-bond acceptors (Lipinski definition) is 2. The molecule has 18 heteroatoms. The molecule has 0 unspecified atom stereocenters. The van der Waals surface area contributed by atoms with Gasteiger partial charge in [-0.1, -0.05) is 0 Å². The molecule has 1 amide bonds. The minimum absolute atomic E-state index is 0.448. The molecule has 154 valence electrons. The zero-order chi connectivity index (χ0) is 21.6. The second-order valence-electron chi connectivity index (χ2n) is 4.31. The topological polar surface area (TPSA) is 67.2 Å². The fraction of sp³-hybridized carbons (Fsp3) is 0.750. The summed E-state index contributed by atoms with van der Waals surface area (Å²) in [6.45, 7) is 0. The van der Waals surface area contributed by atoms with Crippen molar-refractivity contribution in [3.63, 3.8) is 0 Å². The van der Waals surface area contributed by atoms with Crippen molar-refractivity contribution in [2.45, 2.75) is 35.8 Å². The van der Waals surface area contributed by atoms with Gasteiger partial charge in [-0.2, -0.15) is 57.1 Å². The molecule has 0 aliphatic rings. The third-order valence-corrected chi connectivity index (χ3v) is 2.62. The van der Waals surface area contributed by atoms with Crippen molar-refractivity contribution in [1.82, 2.24) is 10.9 Å². The molecule has 0 rings (SSSR count). The lowest BCUT2D eigenvalue weighted by atomic mass is 9.93. The predicted molar refractivity (Wildman–Crippen MR) is 58.9 cm³/mol. The van der Waals surface area contributed by atoms with Crippen LogP contribution in [0.1, 0.15) is 0 Å². The summed E-state index contributed by atoms with van der Waals surface area (Å²) in [6.07, 6.45) is -7.53. The third kappa shape index (κ3) is 3.41. The number of amides is 1. The summed E-state index contributed by atoms with van der Waals surface area (Å²) in [5.41, 5.74) is 5.99. The average molecular weight is 437 g/mol. The van der Waals surface area contributed by atoms with E-state index in [9.17, 15) is 61.9 Å². The van der Waals surface area contributed by atoms with Crippen molar-refractivity contribution in [2.75, 3.05) is 0 Å². The Hall–Kier alpha value is -1.75. The van der Waals surface area contributed by atoms with Gasteiger partial charge in [0.05, 0.1) is 0 Å². The second kappa shape index (κ2) is 6.45. The van der Waals surface area contributed by atoms with Crippen LogP contribution in [0.25, 0.3) is 0 Å². The van der Waals surface area contributed by atoms with Crippen molar-refractivity contribution < 1.29 is 61.9 Å². The van der Waals surface area contributed by atoms with Crippen LogP contribution in [0.5, 0.6) is 0 Å². The normalized spacial score (nSPS) is 14.8. The lowest BCUT2D eigenvalue weighted by Gasteiger charge is -2.39. The fourth-order valence-electron chi connectivity index (χ4n) is 1.11. The highest BCUT2D eigenvalue weighted by Gasteiger charge is 2.91. The molecule has 0 aromatic rings. The number of thiocarbonyl (C=S) groups is 1. The number of carbonyl (C=O) groups excluding carboxylic acids is 1. The Kier molecular flexibility index (Phi) is 6.01. The molecule has 0 saturated heterocycles. The van der Waals surface area contributed by atoms with Gasteiger partial charge in [-0.25, -0.2) is 0 Å². The van der Waals surface area contributed by atoms with Gasteiger partial charge >= 0.3 is 41.7 Å². The average Bonchev–Trinajstić information content (AvgIpc) is 2.42. The highest BCUT2D eigenvalue weighted by Crippen LogP contribution is 2.60. The molecule has 4 nitrogen and oxygen atoms in total. The maximum Gasteiger partial charge on any atom is 0.460 e. The van der Waals surface area contributed by atoms with Crippen LogP contribution in [0.15, 0.2) is 0 Å². The van der Waals surface area contributed by atoms with Gasteiger partial charge in [0.15, 0.2) is 5.11 Å². The molecule has 0 fully saturated rings. The summed E-state index contributed by atoms with van der Waals surface area (Å²) in [7, 11) is 0. The van der Waals surface area contributed by atoms with Crippen LogP contribution in [0, 0.1) is 0 Å². The van der Waals surface area contributed by atoms with Gasteiger partial charge in [0.25, 0.3) is 0 Å². The van der Waals surface area contributed by atoms with Gasteiger partial charge in [0.1, 0.15) is 0 Å². The summed E-state index contributed by atoms with van der Waals surface area (Å²) in [5, 5.41) is -1.13. The molecule has 26 heavy (non-hydrogen) atoms. The molecular formula is C8H4F13N3OS. The maximum absolute atomic E-state index is 13.1. The number of carbonyl (C=O) groups is 1. The molecule has 0 aliphatic carbocycles. The first-order chi connectivity index (χ1) is 11.1. The number of rotatable bonds is 5. The maximum atomic E-state index is 13.1. The largest absolute Gasteiger partial charge is 0.460 e. The quantitative estimate of drug-likeness (QED) is 0.352. The van der Waals surface area contributed by atoms with E-state index in [1.807, 2.05) is 0 Å². The number of hydrazine groups is 1. The molecule has 4 N–H and O–H groups in total. The van der Waals surface area contributed by atoms with Crippen molar-refractivity contribution in [1.29, 1.82) is 0 Å². The van der Waals surface area contributed by atoms with E-state index in [0.29, 0.717) is 5.43 Å². The summed E-state index contributed by atoms with van der Waals surface area (Å²) in [5.74, 6) is -42.2. The SMILES string of the molecule is NC(=S)NNC(=O)C(F)(F)C(F)(F)C(F)(F)C(F)(F)C(F)(F)C(F)(F)F. The summed E-state index contributed by atoms with van der Waals surface area (Å²) < 4.78 is 165. The van der Waals surface area contributed by atoms with E-state index in [0.717, 1.165) is 5.43 Å². The highest BCUT2D eigenvalue weighted by molar-refractivity contribution is 7.80. The molecule has 0 aromatic carbocycles. The molecule has 0 atom stereocenters. The van der Waals surface area contributed by atoms with E-state index in [2.05, 4.69) is 18.0 Å². The molecule has 0 aliphatic heterocycles. The molecule has 0 heterocycles. The van der Waals surface area contributed by atoms with Gasteiger partial charge in [-0.15, -0.1) is 0 Å². The first kappa shape index (κ1) is 24.2. The Morgan fingerprint density at radius 2 is 1.00 bits per heavy atom. The number of alkyl halides is 13. The first-order valence-corrected chi connectivity index (χ1v) is 5.81. The Morgan fingerprint density at radius 1 is 0.654 bits per heavy atom. The Morgan fingerprint density at radius 3 is 1.31 bits per heavy atom. The summed E-state index contributed by atoms with van der Waals surface area (Å²) in [4.78, 5) is 10.7. The predicted octanol–water partition coefficient (Wildman–Crippen LogP) is 2.59. The smallest absolute Gasteiger partial charge is 0.375 e. The van der Waals surface area contributed by atoms with E-state index in [-0.39, 0.29) is 0 Å². The zero-order valence-corrected chi connectivity index (χ0v) is 12.1. The lowest BCUT2D eigenvalue weighted by Crippen LogP contribution is -2.72. The summed E-state index contributed by atoms with van der Waals surface area (Å²) in [6, 6.07) is 0. The second-order valence-corrected chi connectivity index (χ2v) is 4.75. The summed E-state index contributed by atoms with van der Waals surface area (Å²) >= 11 is 3.88. The van der Waals surface area contributed by atoms with Crippen molar-refractivity contribution in [2.24, 2.45) is 5.73 Å². The van der Waals surface area contributed by atoms with E-state index in [1.165, 1.54) is 0 Å². The molecule has 0 saturated carbocycles. The van der Waals surface area contributed by atoms with Gasteiger partial charge in [-0.3, -0.25) is 15.6 Å². The van der Waals surface area contributed by atoms with Crippen molar-refractivity contribution in [3.8, 4) is 0 Å². The van der Waals surface area contributed by atoms with Crippen LogP contribution < -0.4 is 16.6 Å². The molecule has 0 aromatic heterocycles. The Bertz CT molecular complexity index is 572. The van der Waals surface area contributed by atoms with Crippen LogP contribution >= 0.6 is 12.2 Å². The van der Waals surface area contributed by atoms with Crippen LogP contribution in [-0.4, -0.2) is 46.8 Å². The van der Waals surface area contributed by atoms with E-state index < -0.39 is 46.8 Å². The van der Waals surface area contributed by atoms with Gasteiger partial charge < -0.3 is 5.73 Å². The number of halogens is 13. The van der Waals surface area contributed by atoms with E-state index >= 15 is 0 Å². The Balaban J connectivity index is 6.16. The molecule has 0 bridgehead atoms. The van der Waals surface area contributed by atoms with Crippen molar-refractivity contribution in [3.05, 3.63) is 0 Å². The first-order valence-electron chi connectivity index (χ1n) is 5.40. The van der Waals surface area contributed by atoms with Gasteiger partial charge in [0, 0.05) is 0 Å². The number of hydrogen-bond donors (Lipinski definition) is 3. The zero-order valence-electron chi connectivity index (χ0n) is 11.3. The van der Waals surface area contributed by atoms with Crippen LogP contribution in [0.2, 0.25) is 0 Å². The molecular weight excluding hydrogens is 433 g/mol.